The van der Waals surface area contributed by atoms with E-state index in [0.717, 1.165) is 0 Å². The van der Waals surface area contributed by atoms with Crippen molar-refractivity contribution in [1.29, 1.82) is 0 Å². The maximum Gasteiger partial charge on any atom is 0.328 e. The van der Waals surface area contributed by atoms with E-state index < -0.39 is 0 Å². The predicted molar refractivity (Wildman–Crippen MR) is 36.8 cm³/mol. The van der Waals surface area contributed by atoms with Crippen molar-refractivity contribution in [2.75, 3.05) is 7.05 Å². The van der Waals surface area contributed by atoms with Gasteiger partial charge in [0.05, 0.1) is 0 Å². The van der Waals surface area contributed by atoms with Gasteiger partial charge in [-0.15, -0.1) is 0 Å². The second kappa shape index (κ2) is 3.12. The van der Waals surface area contributed by atoms with Gasteiger partial charge in [-0.3, -0.25) is 10.2 Å². The number of rotatable bonds is 0. The molecule has 1 saturated heterocycles. The number of hydrogen-bond donors (Lipinski definition) is 1. The normalized spacial score (nSPS) is 15.2. The van der Waals surface area contributed by atoms with E-state index in [-0.39, 0.29) is 6.03 Å². The van der Waals surface area contributed by atoms with Gasteiger partial charge < -0.3 is 0 Å². The third-order valence-electron chi connectivity index (χ3n) is 0.961. The van der Waals surface area contributed by atoms with Crippen molar-refractivity contribution in [3.05, 3.63) is 12.4 Å². The van der Waals surface area contributed by atoms with Gasteiger partial charge in [-0.2, -0.15) is 0 Å². The van der Waals surface area contributed by atoms with Crippen LogP contribution in [-0.2, 0) is 0 Å². The first-order valence-electron chi connectivity index (χ1n) is 2.95. The maximum absolute atomic E-state index is 10.2. The van der Waals surface area contributed by atoms with E-state index >= 15 is 0 Å². The molecule has 0 radical (unpaired) electrons. The zero-order valence-electron chi connectivity index (χ0n) is 6.06. The Bertz CT molecular complexity index is 117. The van der Waals surface area contributed by atoms with Crippen LogP contribution >= 0.6 is 0 Å². The lowest BCUT2D eigenvalue weighted by Crippen LogP contribution is -2.51. The first-order chi connectivity index (χ1) is 4.22. The molecule has 0 aromatic carbocycles. The van der Waals surface area contributed by atoms with Gasteiger partial charge in [0.25, 0.3) is 0 Å². The highest BCUT2D eigenvalue weighted by Crippen LogP contribution is 2.04. The Labute approximate surface area is 55.3 Å². The second-order valence-corrected chi connectivity index (χ2v) is 1.44. The summed E-state index contributed by atoms with van der Waals surface area (Å²) in [5.41, 5.74) is 0. The first kappa shape index (κ1) is 8.01. The highest BCUT2D eigenvalue weighted by atomic mass is 16.2. The number of hydrogen-bond acceptors (Lipinski definition) is 1. The van der Waals surface area contributed by atoms with Crippen LogP contribution < -0.4 is 5.32 Å². The summed E-state index contributed by atoms with van der Waals surface area (Å²) >= 11 is 0. The van der Waals surface area contributed by atoms with Crippen LogP contribution in [0.25, 0.3) is 0 Å². The van der Waals surface area contributed by atoms with Crippen LogP contribution in [0.1, 0.15) is 13.8 Å². The summed E-state index contributed by atoms with van der Waals surface area (Å²) < 4.78 is 0. The summed E-state index contributed by atoms with van der Waals surface area (Å²) in [6, 6.07) is -0.0787. The molecule has 2 amide bonds. The molecule has 1 N–H and O–H groups in total. The molecule has 1 heterocycles. The van der Waals surface area contributed by atoms with Crippen LogP contribution in [0.3, 0.4) is 0 Å². The predicted octanol–water partition coefficient (Wildman–Crippen LogP) is 1.14. The van der Waals surface area contributed by atoms with E-state index in [4.69, 9.17) is 0 Å². The average molecular weight is 128 g/mol. The van der Waals surface area contributed by atoms with E-state index in [9.17, 15) is 4.79 Å². The van der Waals surface area contributed by atoms with Gasteiger partial charge in [0, 0.05) is 7.05 Å². The number of urea groups is 1. The smallest absolute Gasteiger partial charge is 0.294 e. The van der Waals surface area contributed by atoms with E-state index in [1.54, 1.807) is 7.05 Å². The fourth-order valence-corrected chi connectivity index (χ4v) is 0.361. The van der Waals surface area contributed by atoms with Gasteiger partial charge in [-0.25, -0.2) is 4.79 Å². The van der Waals surface area contributed by atoms with Crippen LogP contribution in [0.2, 0.25) is 0 Å². The van der Waals surface area contributed by atoms with Crippen LogP contribution in [0.15, 0.2) is 12.4 Å². The number of nitrogens with zero attached hydrogens (tertiary/aromatic N) is 1. The summed E-state index contributed by atoms with van der Waals surface area (Å²) in [6.45, 7) is 7.49. The van der Waals surface area contributed by atoms with E-state index in [1.165, 1.54) is 4.90 Å². The Kier molecular flexibility index (Phi) is 2.78. The fourth-order valence-electron chi connectivity index (χ4n) is 0.361. The maximum atomic E-state index is 10.2. The summed E-state index contributed by atoms with van der Waals surface area (Å²) in [5, 5.41) is 2.45. The minimum atomic E-state index is -0.0787. The lowest BCUT2D eigenvalue weighted by Gasteiger charge is -2.29. The Morgan fingerprint density at radius 3 is 2.00 bits per heavy atom. The molecule has 0 aromatic rings. The number of carbonyl (C=O) groups is 1. The molecule has 0 spiro atoms. The molecule has 1 aliphatic heterocycles. The molecule has 1 fully saturated rings. The average Bonchev–Trinajstić information content (AvgIpc) is 1.93. The van der Waals surface area contributed by atoms with E-state index in [0.29, 0.717) is 5.82 Å². The number of nitrogens with one attached hydrogen (secondary N) is 1. The van der Waals surface area contributed by atoms with Crippen molar-refractivity contribution in [3.8, 4) is 0 Å². The van der Waals surface area contributed by atoms with Gasteiger partial charge in [0.2, 0.25) is 0 Å². The summed E-state index contributed by atoms with van der Waals surface area (Å²) in [4.78, 5) is 11.6. The molecular formula is C6H12N2O. The highest BCUT2D eigenvalue weighted by molar-refractivity contribution is 5.84. The van der Waals surface area contributed by atoms with Crippen LogP contribution in [0.5, 0.6) is 0 Å². The van der Waals surface area contributed by atoms with Crippen molar-refractivity contribution in [2.45, 2.75) is 13.8 Å². The monoisotopic (exact) mass is 128 g/mol. The molecule has 9 heavy (non-hydrogen) atoms. The standard InChI is InChI=1S/C4H6N2O.C2H6/c1-3-5-4(7)6(3)2;1-2/h1H2,2H3,(H,5,7);1-2H3. The second-order valence-electron chi connectivity index (χ2n) is 1.44. The van der Waals surface area contributed by atoms with Crippen LogP contribution in [0.4, 0.5) is 4.79 Å². The van der Waals surface area contributed by atoms with Crippen molar-refractivity contribution in [1.82, 2.24) is 10.2 Å². The Hall–Kier alpha value is -0.990. The van der Waals surface area contributed by atoms with Crippen LogP contribution in [0, 0.1) is 0 Å². The van der Waals surface area contributed by atoms with Gasteiger partial charge in [0.15, 0.2) is 0 Å². The molecule has 0 bridgehead atoms. The molecule has 0 aliphatic carbocycles. The topological polar surface area (TPSA) is 32.3 Å². The third kappa shape index (κ3) is 1.45. The highest BCUT2D eigenvalue weighted by Gasteiger charge is 2.22. The molecule has 0 unspecified atom stereocenters. The minimum Gasteiger partial charge on any atom is -0.294 e. The Morgan fingerprint density at radius 1 is 1.56 bits per heavy atom. The fraction of sp³-hybridized carbons (Fsp3) is 0.500. The van der Waals surface area contributed by atoms with Gasteiger partial charge in [0.1, 0.15) is 5.82 Å². The summed E-state index contributed by atoms with van der Waals surface area (Å²) in [6.07, 6.45) is 0. The Balaban J connectivity index is 0.000000291. The zero-order valence-corrected chi connectivity index (χ0v) is 6.06. The number of amides is 2. The van der Waals surface area contributed by atoms with Crippen molar-refractivity contribution >= 4 is 6.03 Å². The molecule has 3 nitrogen and oxygen atoms in total. The zero-order chi connectivity index (χ0) is 7.44. The van der Waals surface area contributed by atoms with E-state index in [2.05, 4.69) is 11.9 Å². The summed E-state index contributed by atoms with van der Waals surface area (Å²) in [7, 11) is 1.67. The number of carbonyl (C=O) groups excluding carboxylic acids is 1. The van der Waals surface area contributed by atoms with Crippen molar-refractivity contribution < 1.29 is 4.79 Å². The lowest BCUT2D eigenvalue weighted by molar-refractivity contribution is 0.197. The van der Waals surface area contributed by atoms with Crippen molar-refractivity contribution in [3.63, 3.8) is 0 Å². The minimum absolute atomic E-state index is 0.0787. The lowest BCUT2D eigenvalue weighted by atomic mass is 10.5. The molecule has 0 atom stereocenters. The SMILES string of the molecule is C=C1NC(=O)N1C.CC. The largest absolute Gasteiger partial charge is 0.328 e. The van der Waals surface area contributed by atoms with Crippen molar-refractivity contribution in [2.24, 2.45) is 0 Å². The molecular weight excluding hydrogens is 116 g/mol. The molecule has 1 aliphatic rings. The van der Waals surface area contributed by atoms with Gasteiger partial charge in [-0.1, -0.05) is 20.4 Å². The van der Waals surface area contributed by atoms with Gasteiger partial charge in [-0.05, 0) is 0 Å². The molecule has 3 heteroatoms. The molecule has 1 rings (SSSR count). The van der Waals surface area contributed by atoms with E-state index in [1.807, 2.05) is 13.8 Å². The summed E-state index contributed by atoms with van der Waals surface area (Å²) in [5.74, 6) is 0.671. The molecule has 52 valence electrons. The molecule has 0 saturated carbocycles. The quantitative estimate of drug-likeness (QED) is 0.521. The van der Waals surface area contributed by atoms with Crippen LogP contribution in [-0.4, -0.2) is 18.0 Å². The Morgan fingerprint density at radius 2 is 2.00 bits per heavy atom. The van der Waals surface area contributed by atoms with Gasteiger partial charge >= 0.3 is 6.03 Å². The first-order valence-corrected chi connectivity index (χ1v) is 2.95. The third-order valence-corrected chi connectivity index (χ3v) is 0.961. The molecule has 0 aromatic heterocycles.